The van der Waals surface area contributed by atoms with E-state index in [2.05, 4.69) is 61.3 Å². The molecule has 8 aromatic carbocycles. The van der Waals surface area contributed by atoms with Crippen LogP contribution in [0.3, 0.4) is 0 Å². The fourth-order valence-corrected chi connectivity index (χ4v) is 9.79. The van der Waals surface area contributed by atoms with Crippen LogP contribution in [0.2, 0.25) is 10.0 Å². The van der Waals surface area contributed by atoms with Crippen molar-refractivity contribution in [2.24, 2.45) is 40.9 Å². The van der Waals surface area contributed by atoms with Crippen molar-refractivity contribution in [2.45, 2.75) is 52.7 Å². The number of aryl methyl sites for hydroxylation is 2. The van der Waals surface area contributed by atoms with E-state index in [4.69, 9.17) is 32.7 Å². The maximum atomic E-state index is 12.5. The highest BCUT2D eigenvalue weighted by Crippen LogP contribution is 2.43. The maximum Gasteiger partial charge on any atom is 0.269 e. The summed E-state index contributed by atoms with van der Waals surface area (Å²) < 4.78 is 13.5. The van der Waals surface area contributed by atoms with Crippen LogP contribution < -0.4 is 9.47 Å². The lowest BCUT2D eigenvalue weighted by molar-refractivity contribution is -0.385. The second-order valence-electron chi connectivity index (χ2n) is 20.0. The van der Waals surface area contributed by atoms with Gasteiger partial charge in [0.05, 0.1) is 44.0 Å². The molecule has 0 aliphatic heterocycles. The molecule has 0 saturated heterocycles. The summed E-state index contributed by atoms with van der Waals surface area (Å²) in [4.78, 5) is 22.2. The molecule has 1 aliphatic carbocycles. The molecular weight excluding hydrogens is 1140 g/mol. The molecule has 10 aromatic rings. The van der Waals surface area contributed by atoms with Crippen molar-refractivity contribution in [3.05, 3.63) is 255 Å². The Kier molecular flexibility index (Phi) is 16.8. The standard InChI is InChI=1S/C62H48Cl2N14O8/c1-35-55(71-67-49-17-13-47(63)14-18-49)61(73-65-35)75-69-51-29-43-25-39-5-3-7-41(59(39)85-33-37-9-21-53(22-10-37)77(81)82)27-45-31-52(70-76-62-56(36(2)66-74-62)72-68-50-19-15-48(64)16-20-50)32-46(58(45)80)28-42-8-4-6-40(26-44(30-51)57(43)79)60(42)86-34-38-11-23-54(24-12-38)78(83)84/h3-24,29-32,79-80H,25-28,33-34H2,1-2H3,(H,65,73)(H,66,74). The summed E-state index contributed by atoms with van der Waals surface area (Å²) in [6.07, 6.45) is 0.347. The highest BCUT2D eigenvalue weighted by molar-refractivity contribution is 6.30. The van der Waals surface area contributed by atoms with Crippen molar-refractivity contribution in [1.82, 2.24) is 20.4 Å². The first-order chi connectivity index (χ1) is 41.7. The fraction of sp³-hybridized carbons (Fsp3) is 0.129. The van der Waals surface area contributed by atoms with Gasteiger partial charge in [0, 0.05) is 82.2 Å². The number of halogens is 2. The Morgan fingerprint density at radius 1 is 0.453 bits per heavy atom. The maximum absolute atomic E-state index is 12.5. The minimum atomic E-state index is -0.474. The number of H-pyrrole nitrogens is 2. The normalized spacial score (nSPS) is 12.4. The number of phenolic OH excluding ortho intramolecular Hbond substituents is 2. The van der Waals surface area contributed by atoms with Gasteiger partial charge in [-0.15, -0.1) is 30.7 Å². The topological polar surface area (TPSA) is 301 Å². The number of hydrogen-bond acceptors (Lipinski definition) is 18. The molecule has 24 heteroatoms. The van der Waals surface area contributed by atoms with Gasteiger partial charge in [-0.25, -0.2) is 0 Å². The van der Waals surface area contributed by atoms with Crippen LogP contribution in [-0.2, 0) is 38.9 Å². The van der Waals surface area contributed by atoms with Crippen molar-refractivity contribution < 1.29 is 29.5 Å². The van der Waals surface area contributed by atoms with Gasteiger partial charge in [0.2, 0.25) is 11.6 Å². The number of fused-ring (bicyclic) bond motifs is 8. The summed E-state index contributed by atoms with van der Waals surface area (Å²) in [5.41, 5.74) is 9.16. The molecule has 2 heterocycles. The summed E-state index contributed by atoms with van der Waals surface area (Å²) in [5, 5.41) is 99.9. The number of non-ortho nitro benzene ring substituents is 2. The summed E-state index contributed by atoms with van der Waals surface area (Å²) in [6, 6.07) is 43.9. The van der Waals surface area contributed by atoms with Crippen molar-refractivity contribution in [2.75, 3.05) is 0 Å². The molecule has 0 fully saturated rings. The van der Waals surface area contributed by atoms with Crippen LogP contribution in [0, 0.1) is 34.1 Å². The predicted octanol–water partition coefficient (Wildman–Crippen LogP) is 17.8. The minimum Gasteiger partial charge on any atom is -0.507 e. The summed E-state index contributed by atoms with van der Waals surface area (Å²) in [5.74, 6) is 1.09. The smallest absolute Gasteiger partial charge is 0.269 e. The quantitative estimate of drug-likeness (QED) is 0.0403. The third-order valence-corrected chi connectivity index (χ3v) is 14.4. The summed E-state index contributed by atoms with van der Waals surface area (Å²) >= 11 is 12.2. The lowest BCUT2D eigenvalue weighted by atomic mass is 9.91. The number of nitrogens with one attached hydrogen (secondary N) is 2. The molecule has 11 rings (SSSR count). The molecule has 428 valence electrons. The molecule has 2 aromatic heterocycles. The van der Waals surface area contributed by atoms with Gasteiger partial charge in [0.25, 0.3) is 11.4 Å². The molecule has 0 spiro atoms. The largest absolute Gasteiger partial charge is 0.507 e. The van der Waals surface area contributed by atoms with E-state index in [0.29, 0.717) is 123 Å². The molecule has 0 saturated carbocycles. The molecule has 86 heavy (non-hydrogen) atoms. The van der Waals surface area contributed by atoms with Crippen LogP contribution in [0.5, 0.6) is 23.0 Å². The van der Waals surface area contributed by atoms with Crippen LogP contribution in [-0.4, -0.2) is 40.5 Å². The highest BCUT2D eigenvalue weighted by atomic mass is 35.5. The van der Waals surface area contributed by atoms with Crippen molar-refractivity contribution in [3.8, 4) is 23.0 Å². The Balaban J connectivity index is 1.04. The SMILES string of the molecule is Cc1[nH]nc(N=Nc2cc3c(O)c(c2)Cc2cccc(c2OCc2ccc([N+](=O)[O-])cc2)Cc2cc(N=Nc4n[nH]c(C)c4N=Nc4ccc(Cl)cc4)cc(c2O)Cc2cccc(c2OCc2ccc([N+](=O)[O-])cc2)C3)c1N=Nc1ccc(Cl)cc1. The minimum absolute atomic E-state index is 0.00217. The van der Waals surface area contributed by atoms with E-state index in [-0.39, 0.29) is 73.4 Å². The van der Waals surface area contributed by atoms with Crippen LogP contribution in [0.25, 0.3) is 0 Å². The van der Waals surface area contributed by atoms with Crippen LogP contribution in [0.4, 0.5) is 57.1 Å². The average molecular weight is 1190 g/mol. The number of ether oxygens (including phenoxy) is 2. The van der Waals surface area contributed by atoms with Gasteiger partial charge in [-0.3, -0.25) is 30.4 Å². The summed E-state index contributed by atoms with van der Waals surface area (Å²) in [6.45, 7) is 3.56. The Labute approximate surface area is 499 Å². The number of aromatic nitrogens is 4. The fourth-order valence-electron chi connectivity index (χ4n) is 9.54. The highest BCUT2D eigenvalue weighted by Gasteiger charge is 2.23. The molecule has 4 N–H and O–H groups in total. The zero-order valence-electron chi connectivity index (χ0n) is 45.7. The lowest BCUT2D eigenvalue weighted by Crippen LogP contribution is -2.06. The lowest BCUT2D eigenvalue weighted by Gasteiger charge is -2.21. The number of nitrogens with zero attached hydrogens (tertiary/aromatic N) is 12. The van der Waals surface area contributed by atoms with E-state index in [1.54, 1.807) is 111 Å². The van der Waals surface area contributed by atoms with Crippen molar-refractivity contribution >= 4 is 80.3 Å². The zero-order chi connectivity index (χ0) is 59.8. The molecule has 0 unspecified atom stereocenters. The van der Waals surface area contributed by atoms with Gasteiger partial charge in [-0.2, -0.15) is 20.4 Å². The van der Waals surface area contributed by atoms with Gasteiger partial charge in [-0.05, 0) is 144 Å². The summed E-state index contributed by atoms with van der Waals surface area (Å²) in [7, 11) is 0. The Morgan fingerprint density at radius 3 is 1.10 bits per heavy atom. The van der Waals surface area contributed by atoms with Crippen LogP contribution >= 0.6 is 23.2 Å². The van der Waals surface area contributed by atoms with E-state index < -0.39 is 9.85 Å². The van der Waals surface area contributed by atoms with E-state index in [1.807, 2.05) is 36.4 Å². The number of para-hydroxylation sites is 2. The number of aromatic hydroxyl groups is 2. The first-order valence-corrected chi connectivity index (χ1v) is 27.3. The molecular formula is C62H48Cl2N14O8. The second-order valence-corrected chi connectivity index (χ2v) is 20.8. The van der Waals surface area contributed by atoms with Crippen molar-refractivity contribution in [1.29, 1.82) is 0 Å². The number of benzene rings is 8. The van der Waals surface area contributed by atoms with E-state index >= 15 is 0 Å². The third kappa shape index (κ3) is 13.3. The Morgan fingerprint density at radius 2 is 0.779 bits per heavy atom. The van der Waals surface area contributed by atoms with Crippen molar-refractivity contribution in [3.63, 3.8) is 0 Å². The average Bonchev–Trinajstić information content (AvgIpc) is 4.18. The number of rotatable bonds is 16. The molecule has 0 amide bonds. The Hall–Kier alpha value is -10.8. The first-order valence-electron chi connectivity index (χ1n) is 26.6. The van der Waals surface area contributed by atoms with Gasteiger partial charge in [-0.1, -0.05) is 59.6 Å². The van der Waals surface area contributed by atoms with Gasteiger partial charge in [0.1, 0.15) is 36.2 Å². The number of phenols is 2. The Bertz CT molecular complexity index is 3950. The van der Waals surface area contributed by atoms with Crippen LogP contribution in [0.1, 0.15) is 67.0 Å². The second kappa shape index (κ2) is 25.3. The number of hydrogen-bond donors (Lipinski definition) is 4. The molecule has 8 bridgehead atoms. The number of aromatic amines is 2. The molecule has 1 aliphatic rings. The number of nitro groups is 2. The van der Waals surface area contributed by atoms with E-state index in [1.165, 1.54) is 24.3 Å². The third-order valence-electron chi connectivity index (χ3n) is 13.9. The van der Waals surface area contributed by atoms with E-state index in [9.17, 15) is 30.4 Å². The monoisotopic (exact) mass is 1190 g/mol. The number of nitro benzene ring substituents is 2. The van der Waals surface area contributed by atoms with E-state index in [0.717, 1.165) is 0 Å². The molecule has 22 nitrogen and oxygen atoms in total. The predicted molar refractivity (Wildman–Crippen MR) is 321 cm³/mol. The van der Waals surface area contributed by atoms with Crippen LogP contribution in [0.15, 0.2) is 199 Å². The zero-order valence-corrected chi connectivity index (χ0v) is 47.2. The molecule has 0 atom stereocenters. The number of azo groups is 4. The molecule has 0 radical (unpaired) electrons. The first kappa shape index (κ1) is 57.0. The van der Waals surface area contributed by atoms with Gasteiger partial charge < -0.3 is 19.7 Å². The van der Waals surface area contributed by atoms with Gasteiger partial charge in [0.15, 0.2) is 11.4 Å². The van der Waals surface area contributed by atoms with Gasteiger partial charge >= 0.3 is 0 Å².